The molecule has 1 heterocycles. The molecule has 0 amide bonds. The van der Waals surface area contributed by atoms with E-state index in [4.69, 9.17) is 11.6 Å². The van der Waals surface area contributed by atoms with Crippen LogP contribution in [0.25, 0.3) is 0 Å². The van der Waals surface area contributed by atoms with Gasteiger partial charge in [-0.25, -0.2) is 0 Å². The summed E-state index contributed by atoms with van der Waals surface area (Å²) >= 11 is 8.58. The van der Waals surface area contributed by atoms with Crippen molar-refractivity contribution in [2.75, 3.05) is 12.9 Å². The predicted octanol–water partition coefficient (Wildman–Crippen LogP) is 1.99. The first-order valence-electron chi connectivity index (χ1n) is 3.85. The summed E-state index contributed by atoms with van der Waals surface area (Å²) in [6.07, 6.45) is 0.424. The maximum Gasteiger partial charge on any atom is 0.306 e. The Bertz CT molecular complexity index is 306. The zero-order valence-electron chi connectivity index (χ0n) is 7.53. The highest BCUT2D eigenvalue weighted by Crippen LogP contribution is 2.20. The Morgan fingerprint density at radius 3 is 3.00 bits per heavy atom. The molecule has 0 aromatic carbocycles. The van der Waals surface area contributed by atoms with E-state index in [-0.39, 0.29) is 5.97 Å². The zero-order valence-corrected chi connectivity index (χ0v) is 9.92. The van der Waals surface area contributed by atoms with Crippen molar-refractivity contribution in [3.63, 3.8) is 0 Å². The fourth-order valence-corrected chi connectivity index (χ4v) is 2.54. The van der Waals surface area contributed by atoms with Crippen molar-refractivity contribution < 1.29 is 9.53 Å². The van der Waals surface area contributed by atoms with Crippen molar-refractivity contribution in [2.45, 2.75) is 12.2 Å². The minimum absolute atomic E-state index is 0.187. The van der Waals surface area contributed by atoms with Crippen molar-refractivity contribution in [3.05, 3.63) is 9.47 Å². The molecule has 1 aromatic rings. The standard InChI is InChI=1S/C7H9ClN2O2S2/c1-12-6(11)2-3-13-4-5-9-10-7(8)14-5/h2-4H2,1H3. The monoisotopic (exact) mass is 252 g/mol. The maximum atomic E-state index is 10.7. The van der Waals surface area contributed by atoms with Crippen molar-refractivity contribution in [1.29, 1.82) is 0 Å². The summed E-state index contributed by atoms with van der Waals surface area (Å²) in [6.45, 7) is 0. The molecule has 0 N–H and O–H groups in total. The van der Waals surface area contributed by atoms with Crippen LogP contribution in [0.4, 0.5) is 0 Å². The van der Waals surface area contributed by atoms with Gasteiger partial charge in [0.15, 0.2) is 0 Å². The van der Waals surface area contributed by atoms with Crippen molar-refractivity contribution in [2.24, 2.45) is 0 Å². The molecule has 1 rings (SSSR count). The van der Waals surface area contributed by atoms with E-state index >= 15 is 0 Å². The van der Waals surface area contributed by atoms with Gasteiger partial charge in [-0.05, 0) is 11.6 Å². The van der Waals surface area contributed by atoms with Crippen LogP contribution in [0, 0.1) is 0 Å². The number of ether oxygens (including phenoxy) is 1. The van der Waals surface area contributed by atoms with Gasteiger partial charge in [0.1, 0.15) is 5.01 Å². The Kier molecular flexibility index (Phi) is 5.21. The normalized spacial score (nSPS) is 10.1. The van der Waals surface area contributed by atoms with Crippen LogP contribution in [-0.4, -0.2) is 29.0 Å². The van der Waals surface area contributed by atoms with Crippen LogP contribution in [0.2, 0.25) is 4.47 Å². The Labute approximate surface area is 95.0 Å². The molecular formula is C7H9ClN2O2S2. The average molecular weight is 253 g/mol. The van der Waals surface area contributed by atoms with Gasteiger partial charge in [0.05, 0.1) is 13.5 Å². The van der Waals surface area contributed by atoms with Crippen LogP contribution in [-0.2, 0) is 15.3 Å². The summed E-state index contributed by atoms with van der Waals surface area (Å²) < 4.78 is 4.96. The van der Waals surface area contributed by atoms with Gasteiger partial charge in [-0.1, -0.05) is 11.3 Å². The number of aromatic nitrogens is 2. The van der Waals surface area contributed by atoms with Crippen LogP contribution < -0.4 is 0 Å². The maximum absolute atomic E-state index is 10.7. The summed E-state index contributed by atoms with van der Waals surface area (Å²) in [7, 11) is 1.39. The summed E-state index contributed by atoms with van der Waals surface area (Å²) in [4.78, 5) is 10.7. The number of rotatable bonds is 5. The Morgan fingerprint density at radius 2 is 2.43 bits per heavy atom. The van der Waals surface area contributed by atoms with Gasteiger partial charge in [0.25, 0.3) is 0 Å². The van der Waals surface area contributed by atoms with Gasteiger partial charge in [-0.3, -0.25) is 4.79 Å². The first kappa shape index (κ1) is 11.7. The second-order valence-corrected chi connectivity index (χ2v) is 5.08. The third kappa shape index (κ3) is 4.26. The Balaban J connectivity index is 2.13. The van der Waals surface area contributed by atoms with Crippen LogP contribution in [0.3, 0.4) is 0 Å². The number of thioether (sulfide) groups is 1. The van der Waals surface area contributed by atoms with E-state index in [2.05, 4.69) is 14.9 Å². The molecule has 0 aliphatic carbocycles. The Morgan fingerprint density at radius 1 is 1.64 bits per heavy atom. The highest BCUT2D eigenvalue weighted by atomic mass is 35.5. The van der Waals surface area contributed by atoms with Crippen molar-refractivity contribution in [1.82, 2.24) is 10.2 Å². The van der Waals surface area contributed by atoms with Crippen LogP contribution in [0.5, 0.6) is 0 Å². The fourth-order valence-electron chi connectivity index (χ4n) is 0.708. The molecule has 4 nitrogen and oxygen atoms in total. The van der Waals surface area contributed by atoms with E-state index in [0.717, 1.165) is 16.5 Å². The summed E-state index contributed by atoms with van der Waals surface area (Å²) in [5, 5.41) is 8.41. The number of esters is 1. The second kappa shape index (κ2) is 6.21. The molecule has 1 aromatic heterocycles. The fraction of sp³-hybridized carbons (Fsp3) is 0.571. The molecule has 0 saturated carbocycles. The summed E-state index contributed by atoms with van der Waals surface area (Å²) in [5.41, 5.74) is 0. The van der Waals surface area contributed by atoms with Crippen LogP contribution >= 0.6 is 34.7 Å². The highest BCUT2D eigenvalue weighted by molar-refractivity contribution is 7.98. The highest BCUT2D eigenvalue weighted by Gasteiger charge is 2.03. The van der Waals surface area contributed by atoms with E-state index in [1.54, 1.807) is 11.8 Å². The second-order valence-electron chi connectivity index (χ2n) is 2.33. The van der Waals surface area contributed by atoms with E-state index in [1.807, 2.05) is 0 Å². The average Bonchev–Trinajstić information content (AvgIpc) is 2.58. The van der Waals surface area contributed by atoms with Gasteiger partial charge < -0.3 is 4.74 Å². The molecule has 14 heavy (non-hydrogen) atoms. The van der Waals surface area contributed by atoms with Gasteiger partial charge in [-0.15, -0.1) is 10.2 Å². The molecule has 0 aliphatic rings. The van der Waals surface area contributed by atoms with Gasteiger partial charge in [0, 0.05) is 11.5 Å². The third-order valence-corrected chi connectivity index (χ3v) is 3.52. The number of hydrogen-bond acceptors (Lipinski definition) is 6. The minimum atomic E-state index is -0.187. The first-order valence-corrected chi connectivity index (χ1v) is 6.19. The minimum Gasteiger partial charge on any atom is -0.469 e. The summed E-state index contributed by atoms with van der Waals surface area (Å²) in [5.74, 6) is 1.28. The van der Waals surface area contributed by atoms with E-state index in [0.29, 0.717) is 10.9 Å². The molecule has 78 valence electrons. The molecule has 7 heteroatoms. The number of methoxy groups -OCH3 is 1. The lowest BCUT2D eigenvalue weighted by atomic mass is 10.5. The molecule has 0 bridgehead atoms. The number of nitrogens with zero attached hydrogens (tertiary/aromatic N) is 2. The first-order chi connectivity index (χ1) is 6.72. The molecule has 0 unspecified atom stereocenters. The Hall–Kier alpha value is -0.330. The molecule has 0 atom stereocenters. The van der Waals surface area contributed by atoms with E-state index in [9.17, 15) is 4.79 Å². The lowest BCUT2D eigenvalue weighted by Gasteiger charge is -1.97. The lowest BCUT2D eigenvalue weighted by molar-refractivity contribution is -0.140. The number of halogens is 1. The molecule has 0 saturated heterocycles. The van der Waals surface area contributed by atoms with Crippen LogP contribution in [0.1, 0.15) is 11.4 Å². The van der Waals surface area contributed by atoms with Gasteiger partial charge in [0.2, 0.25) is 4.47 Å². The van der Waals surface area contributed by atoms with E-state index < -0.39 is 0 Å². The molecule has 0 fully saturated rings. The number of carbonyl (C=O) groups excluding carboxylic acids is 1. The summed E-state index contributed by atoms with van der Waals surface area (Å²) in [6, 6.07) is 0. The van der Waals surface area contributed by atoms with Crippen LogP contribution in [0.15, 0.2) is 0 Å². The number of hydrogen-bond donors (Lipinski definition) is 0. The largest absolute Gasteiger partial charge is 0.469 e. The third-order valence-electron chi connectivity index (χ3n) is 1.35. The molecule has 0 spiro atoms. The van der Waals surface area contributed by atoms with Crippen molar-refractivity contribution >= 4 is 40.7 Å². The predicted molar refractivity (Wildman–Crippen MR) is 57.7 cm³/mol. The zero-order chi connectivity index (χ0) is 10.4. The number of carbonyl (C=O) groups is 1. The quantitative estimate of drug-likeness (QED) is 0.593. The SMILES string of the molecule is COC(=O)CCSCc1nnc(Cl)s1. The smallest absolute Gasteiger partial charge is 0.306 e. The molecular weight excluding hydrogens is 244 g/mol. The van der Waals surface area contributed by atoms with E-state index in [1.165, 1.54) is 18.4 Å². The van der Waals surface area contributed by atoms with Crippen molar-refractivity contribution in [3.8, 4) is 0 Å². The molecule has 0 radical (unpaired) electrons. The van der Waals surface area contributed by atoms with Gasteiger partial charge >= 0.3 is 5.97 Å². The topological polar surface area (TPSA) is 52.1 Å². The van der Waals surface area contributed by atoms with Gasteiger partial charge in [-0.2, -0.15) is 11.8 Å². The lowest BCUT2D eigenvalue weighted by Crippen LogP contribution is -2.01. The molecule has 0 aliphatic heterocycles.